The molecule has 0 aromatic heterocycles. The number of carbonyl (C=O) groups is 2. The van der Waals surface area contributed by atoms with E-state index in [1.54, 1.807) is 44.4 Å². The molecule has 0 unspecified atom stereocenters. The summed E-state index contributed by atoms with van der Waals surface area (Å²) in [5, 5.41) is 2.77. The Bertz CT molecular complexity index is 576. The summed E-state index contributed by atoms with van der Waals surface area (Å²) in [5.74, 6) is 0.581. The molecule has 0 radical (unpaired) electrons. The van der Waals surface area contributed by atoms with E-state index in [1.165, 1.54) is 0 Å². The summed E-state index contributed by atoms with van der Waals surface area (Å²) in [6.07, 6.45) is 0.202. The number of anilines is 1. The zero-order chi connectivity index (χ0) is 16.8. The average Bonchev–Trinajstić information content (AvgIpc) is 2.96. The van der Waals surface area contributed by atoms with Gasteiger partial charge in [-0.15, -0.1) is 0 Å². The molecule has 1 aliphatic rings. The maximum Gasteiger partial charge on any atom is 0.227 e. The van der Waals surface area contributed by atoms with E-state index < -0.39 is 0 Å². The molecule has 0 bridgehead atoms. The van der Waals surface area contributed by atoms with Crippen LogP contribution in [0.4, 0.5) is 5.69 Å². The molecule has 126 valence electrons. The Morgan fingerprint density at radius 2 is 2.00 bits per heavy atom. The van der Waals surface area contributed by atoms with Gasteiger partial charge in [0.2, 0.25) is 11.8 Å². The third-order valence-electron chi connectivity index (χ3n) is 3.78. The highest BCUT2D eigenvalue weighted by molar-refractivity contribution is 6.00. The molecule has 1 N–H and O–H groups in total. The van der Waals surface area contributed by atoms with E-state index >= 15 is 0 Å². The van der Waals surface area contributed by atoms with Crippen LogP contribution in [0.5, 0.6) is 11.5 Å². The fourth-order valence-electron chi connectivity index (χ4n) is 2.55. The fraction of sp³-hybridized carbons (Fsp3) is 0.500. The van der Waals surface area contributed by atoms with Crippen LogP contribution in [0, 0.1) is 5.92 Å². The van der Waals surface area contributed by atoms with E-state index in [0.717, 1.165) is 0 Å². The molecule has 0 spiro atoms. The molecule has 1 aromatic carbocycles. The lowest BCUT2D eigenvalue weighted by atomic mass is 10.1. The van der Waals surface area contributed by atoms with E-state index in [-0.39, 0.29) is 24.2 Å². The maximum absolute atomic E-state index is 12.2. The molecule has 7 nitrogen and oxygen atoms in total. The Hall–Kier alpha value is -2.28. The van der Waals surface area contributed by atoms with Gasteiger partial charge in [0.15, 0.2) is 11.5 Å². The highest BCUT2D eigenvalue weighted by Crippen LogP contribution is 2.34. The van der Waals surface area contributed by atoms with Crippen LogP contribution in [0.15, 0.2) is 18.2 Å². The molecular formula is C16H22N2O5. The van der Waals surface area contributed by atoms with Crippen LogP contribution < -0.4 is 19.7 Å². The van der Waals surface area contributed by atoms with Gasteiger partial charge in [0.25, 0.3) is 0 Å². The number of rotatable bonds is 7. The second-order valence-corrected chi connectivity index (χ2v) is 5.23. The Morgan fingerprint density at radius 1 is 1.26 bits per heavy atom. The Labute approximate surface area is 135 Å². The largest absolute Gasteiger partial charge is 0.493 e. The van der Waals surface area contributed by atoms with Gasteiger partial charge in [-0.05, 0) is 12.1 Å². The van der Waals surface area contributed by atoms with E-state index in [0.29, 0.717) is 36.9 Å². The molecular weight excluding hydrogens is 300 g/mol. The highest BCUT2D eigenvalue weighted by atomic mass is 16.5. The van der Waals surface area contributed by atoms with E-state index in [9.17, 15) is 9.59 Å². The van der Waals surface area contributed by atoms with Crippen molar-refractivity contribution < 1.29 is 23.8 Å². The summed E-state index contributed by atoms with van der Waals surface area (Å²) in [5.41, 5.74) is 0.694. The summed E-state index contributed by atoms with van der Waals surface area (Å²) in [4.78, 5) is 25.9. The minimum absolute atomic E-state index is 0.0795. The molecule has 1 fully saturated rings. The first-order valence-electron chi connectivity index (χ1n) is 7.39. The van der Waals surface area contributed by atoms with Gasteiger partial charge in [-0.2, -0.15) is 0 Å². The molecule has 0 saturated carbocycles. The molecule has 1 aromatic rings. The lowest BCUT2D eigenvalue weighted by Gasteiger charge is -2.18. The van der Waals surface area contributed by atoms with Gasteiger partial charge in [0.05, 0.1) is 26.7 Å². The number of methoxy groups -OCH3 is 3. The lowest BCUT2D eigenvalue weighted by molar-refractivity contribution is -0.126. The predicted octanol–water partition coefficient (Wildman–Crippen LogP) is 0.819. The first-order chi connectivity index (χ1) is 11.1. The predicted molar refractivity (Wildman–Crippen MR) is 84.9 cm³/mol. The Kier molecular flexibility index (Phi) is 5.81. The molecule has 2 rings (SSSR count). The Morgan fingerprint density at radius 3 is 2.65 bits per heavy atom. The quantitative estimate of drug-likeness (QED) is 0.752. The maximum atomic E-state index is 12.2. The van der Waals surface area contributed by atoms with Crippen molar-refractivity contribution in [1.29, 1.82) is 0 Å². The third kappa shape index (κ3) is 3.92. The van der Waals surface area contributed by atoms with Crippen molar-refractivity contribution in [3.63, 3.8) is 0 Å². The lowest BCUT2D eigenvalue weighted by Crippen LogP contribution is -2.34. The van der Waals surface area contributed by atoms with Crippen LogP contribution in [0.1, 0.15) is 6.42 Å². The van der Waals surface area contributed by atoms with Crippen molar-refractivity contribution in [2.24, 2.45) is 5.92 Å². The number of nitrogens with one attached hydrogen (secondary N) is 1. The van der Waals surface area contributed by atoms with Crippen molar-refractivity contribution in [3.05, 3.63) is 18.2 Å². The van der Waals surface area contributed by atoms with E-state index in [1.807, 2.05) is 0 Å². The number of nitrogens with zero attached hydrogens (tertiary/aromatic N) is 1. The van der Waals surface area contributed by atoms with Gasteiger partial charge in [-0.3, -0.25) is 9.59 Å². The van der Waals surface area contributed by atoms with Crippen molar-refractivity contribution in [3.8, 4) is 11.5 Å². The fourth-order valence-corrected chi connectivity index (χ4v) is 2.55. The summed E-state index contributed by atoms with van der Waals surface area (Å²) in [6.45, 7) is 1.25. The second-order valence-electron chi connectivity index (χ2n) is 5.23. The minimum atomic E-state index is -0.354. The molecule has 1 heterocycles. The molecule has 23 heavy (non-hydrogen) atoms. The van der Waals surface area contributed by atoms with E-state index in [4.69, 9.17) is 14.2 Å². The summed E-state index contributed by atoms with van der Waals surface area (Å²) >= 11 is 0. The van der Waals surface area contributed by atoms with Gasteiger partial charge >= 0.3 is 0 Å². The van der Waals surface area contributed by atoms with Crippen LogP contribution in [-0.4, -0.2) is 52.8 Å². The minimum Gasteiger partial charge on any atom is -0.493 e. The molecule has 2 amide bonds. The van der Waals surface area contributed by atoms with Gasteiger partial charge in [0, 0.05) is 38.4 Å². The first-order valence-corrected chi connectivity index (χ1v) is 7.39. The number of hydrogen-bond donors (Lipinski definition) is 1. The van der Waals surface area contributed by atoms with Crippen LogP contribution in [0.3, 0.4) is 0 Å². The van der Waals surface area contributed by atoms with Crippen molar-refractivity contribution in [1.82, 2.24) is 5.32 Å². The zero-order valence-electron chi connectivity index (χ0n) is 13.6. The normalized spacial score (nSPS) is 17.3. The van der Waals surface area contributed by atoms with Gasteiger partial charge < -0.3 is 24.4 Å². The number of benzene rings is 1. The van der Waals surface area contributed by atoms with Gasteiger partial charge in [-0.25, -0.2) is 0 Å². The summed E-state index contributed by atoms with van der Waals surface area (Å²) in [6, 6.07) is 5.26. The number of carbonyl (C=O) groups excluding carboxylic acids is 2. The van der Waals surface area contributed by atoms with Crippen molar-refractivity contribution in [2.75, 3.05) is 45.9 Å². The smallest absolute Gasteiger partial charge is 0.227 e. The average molecular weight is 322 g/mol. The highest BCUT2D eigenvalue weighted by Gasteiger charge is 2.35. The monoisotopic (exact) mass is 322 g/mol. The third-order valence-corrected chi connectivity index (χ3v) is 3.78. The van der Waals surface area contributed by atoms with Crippen molar-refractivity contribution in [2.45, 2.75) is 6.42 Å². The van der Waals surface area contributed by atoms with E-state index in [2.05, 4.69) is 5.32 Å². The number of amides is 2. The summed E-state index contributed by atoms with van der Waals surface area (Å²) in [7, 11) is 4.67. The number of hydrogen-bond acceptors (Lipinski definition) is 5. The molecule has 7 heteroatoms. The Balaban J connectivity index is 2.07. The van der Waals surface area contributed by atoms with Gasteiger partial charge in [-0.1, -0.05) is 0 Å². The van der Waals surface area contributed by atoms with Crippen LogP contribution in [-0.2, 0) is 14.3 Å². The first kappa shape index (κ1) is 17.1. The molecule has 1 aliphatic heterocycles. The topological polar surface area (TPSA) is 77.1 Å². The molecule has 1 atom stereocenters. The standard InChI is InChI=1S/C16H22N2O5/c1-21-7-6-17-16(20)11-8-15(19)18(10-11)12-4-5-13(22-2)14(9-12)23-3/h4-5,9,11H,6-8,10H2,1-3H3,(H,17,20)/t11-/m1/s1. The van der Waals surface area contributed by atoms with Crippen LogP contribution in [0.2, 0.25) is 0 Å². The van der Waals surface area contributed by atoms with Crippen LogP contribution >= 0.6 is 0 Å². The zero-order valence-corrected chi connectivity index (χ0v) is 13.6. The SMILES string of the molecule is COCCNC(=O)[C@@H]1CC(=O)N(c2ccc(OC)c(OC)c2)C1. The van der Waals surface area contributed by atoms with Gasteiger partial charge in [0.1, 0.15) is 0 Å². The molecule has 1 saturated heterocycles. The molecule has 0 aliphatic carbocycles. The second kappa shape index (κ2) is 7.82. The van der Waals surface area contributed by atoms with Crippen LogP contribution in [0.25, 0.3) is 0 Å². The number of ether oxygens (including phenoxy) is 3. The summed E-state index contributed by atoms with van der Waals surface area (Å²) < 4.78 is 15.3. The van der Waals surface area contributed by atoms with Crippen molar-refractivity contribution >= 4 is 17.5 Å².